The van der Waals surface area contributed by atoms with Crippen molar-refractivity contribution in [2.75, 3.05) is 27.4 Å². The monoisotopic (exact) mass is 308 g/mol. The summed E-state index contributed by atoms with van der Waals surface area (Å²) in [6.45, 7) is 1.74. The molecule has 0 rings (SSSR count). The third-order valence-corrected chi connectivity index (χ3v) is 0.547. The average molecular weight is 311 g/mol. The van der Waals surface area contributed by atoms with E-state index in [1.807, 2.05) is 0 Å². The molecule has 0 heterocycles. The molecule has 2 N–H and O–H groups in total. The molecule has 0 aromatic rings. The summed E-state index contributed by atoms with van der Waals surface area (Å²) in [6.07, 6.45) is 0. The third kappa shape index (κ3) is 26.6. The predicted molar refractivity (Wildman–Crippen MR) is 43.9 cm³/mol. The van der Waals surface area contributed by atoms with Gasteiger partial charge in [-0.15, -0.1) is 0 Å². The van der Waals surface area contributed by atoms with Crippen LogP contribution in [0.2, 0.25) is 0 Å². The first-order chi connectivity index (χ1) is 4.33. The Hall–Kier alpha value is 1.37. The Bertz CT molecular complexity index is 35.7. The standard InChI is InChI=1S/C4H10O2.2BrH.Ni/c1-5-3-4-6-2;;;/h3-4H2,1-2H3;2*1H;/q;;;+2. The molecule has 0 aliphatic rings. The number of aliphatic hydroxyl groups is 4. The zero-order valence-electron chi connectivity index (χ0n) is 5.38. The molecule has 0 bridgehead atoms. The van der Waals surface area contributed by atoms with Crippen LogP contribution in [0.3, 0.4) is 0 Å². The van der Waals surface area contributed by atoms with Gasteiger partial charge in [-0.25, -0.2) is 0 Å². The van der Waals surface area contributed by atoms with E-state index in [2.05, 4.69) is 37.9 Å². The molecule has 0 spiro atoms. The van der Waals surface area contributed by atoms with Gasteiger partial charge in [0.05, 0.1) is 0 Å². The fraction of sp³-hybridized carbons (Fsp3) is 1.00. The van der Waals surface area contributed by atoms with Crippen molar-refractivity contribution in [3.63, 3.8) is 0 Å². The molecule has 2 nitrogen and oxygen atoms in total. The SMILES string of the molecule is C[OH+]CC[OH+]C.[Br][Ni][Br]. The second-order valence-electron chi connectivity index (χ2n) is 1.12. The number of halogens is 2. The van der Waals surface area contributed by atoms with Crippen molar-refractivity contribution in [3.8, 4) is 0 Å². The van der Waals surface area contributed by atoms with Crippen LogP contribution in [0, 0.1) is 0 Å². The van der Waals surface area contributed by atoms with E-state index >= 15 is 0 Å². The summed E-state index contributed by atoms with van der Waals surface area (Å²) < 4.78 is 7.66. The molecule has 0 radical (unpaired) electrons. The van der Waals surface area contributed by atoms with Crippen LogP contribution in [0.1, 0.15) is 0 Å². The van der Waals surface area contributed by atoms with Gasteiger partial charge in [-0.2, -0.15) is 0 Å². The molecule has 0 aliphatic heterocycles. The third-order valence-electron chi connectivity index (χ3n) is 0.547. The van der Waals surface area contributed by atoms with Gasteiger partial charge in [-0.3, -0.25) is 0 Å². The van der Waals surface area contributed by atoms with Crippen LogP contribution in [0.5, 0.6) is 0 Å². The summed E-state index contributed by atoms with van der Waals surface area (Å²) in [5.41, 5.74) is 0. The van der Waals surface area contributed by atoms with Crippen molar-refractivity contribution in [2.45, 2.75) is 0 Å². The Balaban J connectivity index is 0. The van der Waals surface area contributed by atoms with Crippen molar-refractivity contribution in [1.82, 2.24) is 0 Å². The van der Waals surface area contributed by atoms with Gasteiger partial charge in [-0.1, -0.05) is 0 Å². The first-order valence-corrected chi connectivity index (χ1v) is 7.15. The minimum atomic E-state index is 0.872. The van der Waals surface area contributed by atoms with Gasteiger partial charge in [0.25, 0.3) is 0 Å². The first-order valence-electron chi connectivity index (χ1n) is 2.27. The summed E-state index contributed by atoms with van der Waals surface area (Å²) >= 11 is 6.00. The van der Waals surface area contributed by atoms with Gasteiger partial charge in [0.1, 0.15) is 14.2 Å². The van der Waals surface area contributed by atoms with Gasteiger partial charge in [0.2, 0.25) is 13.2 Å². The van der Waals surface area contributed by atoms with Crippen LogP contribution in [-0.2, 0) is 10.9 Å². The summed E-state index contributed by atoms with van der Waals surface area (Å²) in [6, 6.07) is 0. The summed E-state index contributed by atoms with van der Waals surface area (Å²) in [5.74, 6) is 0. The Labute approximate surface area is 76.0 Å². The van der Waals surface area contributed by atoms with Crippen LogP contribution >= 0.6 is 28.5 Å². The average Bonchev–Trinajstić information content (AvgIpc) is 1.86. The maximum atomic E-state index is 3.83. The van der Waals surface area contributed by atoms with E-state index in [1.54, 1.807) is 14.2 Å². The fourth-order valence-corrected chi connectivity index (χ4v) is 0.200. The van der Waals surface area contributed by atoms with Crippen LogP contribution in [0.4, 0.5) is 0 Å². The Morgan fingerprint density at radius 1 is 1.11 bits per heavy atom. The summed E-state index contributed by atoms with van der Waals surface area (Å²) in [7, 11) is 4.84. The van der Waals surface area contributed by atoms with Crippen molar-refractivity contribution in [2.24, 2.45) is 0 Å². The maximum absolute atomic E-state index is 3.83. The van der Waals surface area contributed by atoms with E-state index < -0.39 is 0 Å². The number of ether oxygens (including phenoxy) is 2. The zero-order chi connectivity index (χ0) is 7.54. The van der Waals surface area contributed by atoms with Crippen LogP contribution in [0.15, 0.2) is 0 Å². The Kier molecular flexibility index (Phi) is 23.4. The van der Waals surface area contributed by atoms with Gasteiger partial charge < -0.3 is 9.47 Å². The number of rotatable bonds is 3. The molecule has 0 amide bonds. The van der Waals surface area contributed by atoms with E-state index in [-0.39, 0.29) is 0 Å². The molecule has 0 aromatic carbocycles. The molecule has 0 atom stereocenters. The molecule has 0 aliphatic carbocycles. The quantitative estimate of drug-likeness (QED) is 0.422. The van der Waals surface area contributed by atoms with Crippen molar-refractivity contribution in [3.05, 3.63) is 0 Å². The van der Waals surface area contributed by atoms with Crippen molar-refractivity contribution in [1.29, 1.82) is 0 Å². The summed E-state index contributed by atoms with van der Waals surface area (Å²) in [5, 5.41) is 0. The molecule has 0 saturated heterocycles. The van der Waals surface area contributed by atoms with Crippen LogP contribution < -0.4 is 0 Å². The number of hydrogen-bond acceptors (Lipinski definition) is 0. The minimum absolute atomic E-state index is 0.872. The van der Waals surface area contributed by atoms with Gasteiger partial charge in [-0.05, 0) is 0 Å². The predicted octanol–water partition coefficient (Wildman–Crippen LogP) is 0.991. The van der Waals surface area contributed by atoms with Crippen molar-refractivity contribution >= 4 is 28.5 Å². The zero-order valence-corrected chi connectivity index (χ0v) is 9.54. The van der Waals surface area contributed by atoms with Gasteiger partial charge in [0.15, 0.2) is 0 Å². The summed E-state index contributed by atoms with van der Waals surface area (Å²) in [4.78, 5) is 0. The second kappa shape index (κ2) is 16.2. The van der Waals surface area contributed by atoms with E-state index in [1.165, 1.54) is 10.9 Å². The molecular weight excluding hydrogens is 299 g/mol. The normalized spacial score (nSPS) is 8.44. The Morgan fingerprint density at radius 2 is 1.33 bits per heavy atom. The topological polar surface area (TPSA) is 25.6 Å². The van der Waals surface area contributed by atoms with Crippen LogP contribution in [0.25, 0.3) is 0 Å². The van der Waals surface area contributed by atoms with Gasteiger partial charge >= 0.3 is 39.3 Å². The van der Waals surface area contributed by atoms with Gasteiger partial charge in [0, 0.05) is 0 Å². The van der Waals surface area contributed by atoms with E-state index in [4.69, 9.17) is 0 Å². The molecule has 0 aromatic heterocycles. The van der Waals surface area contributed by atoms with Crippen LogP contribution in [-0.4, -0.2) is 36.9 Å². The molecule has 0 unspecified atom stereocenters. The molecular formula is C4H12Br2NiO2+2. The molecule has 9 heavy (non-hydrogen) atoms. The van der Waals surface area contributed by atoms with E-state index in [9.17, 15) is 0 Å². The van der Waals surface area contributed by atoms with Crippen molar-refractivity contribution < 1.29 is 20.4 Å². The van der Waals surface area contributed by atoms with E-state index in [0.29, 0.717) is 0 Å². The first kappa shape index (κ1) is 13.0. The Morgan fingerprint density at radius 3 is 1.44 bits per heavy atom. The molecule has 0 fully saturated rings. The second-order valence-corrected chi connectivity index (χ2v) is 6.11. The molecule has 5 heteroatoms. The molecule has 0 saturated carbocycles. The number of hydrogen-bond donors (Lipinski definition) is 0. The molecule has 62 valence electrons. The van der Waals surface area contributed by atoms with E-state index in [0.717, 1.165) is 13.2 Å². The fourth-order valence-electron chi connectivity index (χ4n) is 0.200.